The standard InChI is InChI=1S/C13H13F3N4O3/c1-19-7-10(22)20(12(19)23)6-9(21)18-11(13(14,15)16)8-3-2-4-17-5-8/h2-5,11H,6-7H2,1H3,(H,18,21)/t11-/m0/s1. The predicted octanol–water partition coefficient (Wildman–Crippen LogP) is 0.695. The largest absolute Gasteiger partial charge is 0.412 e. The van der Waals surface area contributed by atoms with Crippen molar-refractivity contribution < 1.29 is 27.6 Å². The second kappa shape index (κ2) is 6.23. The van der Waals surface area contributed by atoms with Gasteiger partial charge in [-0.25, -0.2) is 4.79 Å². The SMILES string of the molecule is CN1CC(=O)N(CC(=O)N[C@@H](c2cccnc2)C(F)(F)F)C1=O. The molecule has 2 rings (SSSR count). The first kappa shape index (κ1) is 16.7. The Morgan fingerprint density at radius 1 is 1.43 bits per heavy atom. The molecule has 0 spiro atoms. The molecule has 23 heavy (non-hydrogen) atoms. The van der Waals surface area contributed by atoms with E-state index in [9.17, 15) is 27.6 Å². The van der Waals surface area contributed by atoms with E-state index in [2.05, 4.69) is 4.98 Å². The highest BCUT2D eigenvalue weighted by molar-refractivity contribution is 6.04. The number of amides is 4. The van der Waals surface area contributed by atoms with Crippen molar-refractivity contribution in [2.75, 3.05) is 20.1 Å². The van der Waals surface area contributed by atoms with E-state index in [1.54, 1.807) is 5.32 Å². The summed E-state index contributed by atoms with van der Waals surface area (Å²) in [4.78, 5) is 40.2. The van der Waals surface area contributed by atoms with Crippen molar-refractivity contribution in [3.05, 3.63) is 30.1 Å². The van der Waals surface area contributed by atoms with E-state index in [-0.39, 0.29) is 12.1 Å². The Balaban J connectivity index is 2.10. The van der Waals surface area contributed by atoms with E-state index in [4.69, 9.17) is 0 Å². The second-order valence-electron chi connectivity index (χ2n) is 4.95. The molecule has 0 aromatic carbocycles. The molecule has 0 saturated carbocycles. The Bertz CT molecular complexity index is 621. The highest BCUT2D eigenvalue weighted by Gasteiger charge is 2.43. The van der Waals surface area contributed by atoms with Gasteiger partial charge < -0.3 is 10.2 Å². The summed E-state index contributed by atoms with van der Waals surface area (Å²) in [6.07, 6.45) is -2.46. The number of alkyl halides is 3. The lowest BCUT2D eigenvalue weighted by atomic mass is 10.1. The zero-order valence-corrected chi connectivity index (χ0v) is 12.0. The number of carbonyl (C=O) groups is 3. The summed E-state index contributed by atoms with van der Waals surface area (Å²) in [6, 6.07) is -0.516. The Kier molecular flexibility index (Phi) is 4.52. The number of nitrogens with zero attached hydrogens (tertiary/aromatic N) is 3. The maximum absolute atomic E-state index is 13.1. The van der Waals surface area contributed by atoms with Crippen molar-refractivity contribution in [1.29, 1.82) is 0 Å². The summed E-state index contributed by atoms with van der Waals surface area (Å²) >= 11 is 0. The van der Waals surface area contributed by atoms with Crippen molar-refractivity contribution >= 4 is 17.8 Å². The molecule has 1 fully saturated rings. The number of nitrogens with one attached hydrogen (secondary N) is 1. The van der Waals surface area contributed by atoms with Crippen LogP contribution in [0.25, 0.3) is 0 Å². The van der Waals surface area contributed by atoms with Crippen LogP contribution in [0.1, 0.15) is 11.6 Å². The molecule has 0 unspecified atom stereocenters. The minimum atomic E-state index is -4.74. The van der Waals surface area contributed by atoms with Crippen LogP contribution in [0.2, 0.25) is 0 Å². The van der Waals surface area contributed by atoms with Crippen molar-refractivity contribution in [3.63, 3.8) is 0 Å². The van der Waals surface area contributed by atoms with Gasteiger partial charge in [0.05, 0.1) is 0 Å². The third kappa shape index (κ3) is 3.76. The maximum atomic E-state index is 13.1. The van der Waals surface area contributed by atoms with Crippen LogP contribution >= 0.6 is 0 Å². The lowest BCUT2D eigenvalue weighted by Gasteiger charge is -2.23. The molecule has 10 heteroatoms. The van der Waals surface area contributed by atoms with Gasteiger partial charge in [0, 0.05) is 25.0 Å². The fraction of sp³-hybridized carbons (Fsp3) is 0.385. The van der Waals surface area contributed by atoms with Gasteiger partial charge in [0.1, 0.15) is 13.1 Å². The molecule has 124 valence electrons. The zero-order chi connectivity index (χ0) is 17.2. The molecular weight excluding hydrogens is 317 g/mol. The number of pyridine rings is 1. The maximum Gasteiger partial charge on any atom is 0.412 e. The molecule has 1 atom stereocenters. The molecule has 1 N–H and O–H groups in total. The Hall–Kier alpha value is -2.65. The first-order chi connectivity index (χ1) is 10.7. The van der Waals surface area contributed by atoms with Crippen LogP contribution in [0.15, 0.2) is 24.5 Å². The van der Waals surface area contributed by atoms with Crippen LogP contribution in [-0.2, 0) is 9.59 Å². The van der Waals surface area contributed by atoms with Crippen LogP contribution in [0, 0.1) is 0 Å². The van der Waals surface area contributed by atoms with Crippen LogP contribution < -0.4 is 5.32 Å². The van der Waals surface area contributed by atoms with Crippen LogP contribution in [-0.4, -0.2) is 58.9 Å². The number of likely N-dealkylation sites (N-methyl/N-ethyl adjacent to an activating group) is 1. The molecule has 0 aliphatic carbocycles. The Morgan fingerprint density at radius 2 is 2.13 bits per heavy atom. The Morgan fingerprint density at radius 3 is 2.61 bits per heavy atom. The summed E-state index contributed by atoms with van der Waals surface area (Å²) < 4.78 is 39.3. The van der Waals surface area contributed by atoms with E-state index in [1.807, 2.05) is 0 Å². The lowest BCUT2D eigenvalue weighted by molar-refractivity contribution is -0.163. The topological polar surface area (TPSA) is 82.6 Å². The molecule has 0 bridgehead atoms. The minimum absolute atomic E-state index is 0.211. The van der Waals surface area contributed by atoms with E-state index in [0.29, 0.717) is 4.90 Å². The average molecular weight is 330 g/mol. The molecule has 1 aromatic rings. The smallest absolute Gasteiger partial charge is 0.339 e. The molecule has 7 nitrogen and oxygen atoms in total. The Labute approximate surface area is 129 Å². The van der Waals surface area contributed by atoms with Gasteiger partial charge in [0.25, 0.3) is 5.91 Å². The predicted molar refractivity (Wildman–Crippen MR) is 70.9 cm³/mol. The van der Waals surface area contributed by atoms with E-state index < -0.39 is 36.6 Å². The van der Waals surface area contributed by atoms with E-state index in [0.717, 1.165) is 11.1 Å². The highest BCUT2D eigenvalue weighted by atomic mass is 19.4. The molecule has 1 saturated heterocycles. The summed E-state index contributed by atoms with van der Waals surface area (Å²) in [5.74, 6) is -1.73. The third-order valence-corrected chi connectivity index (χ3v) is 3.18. The summed E-state index contributed by atoms with van der Waals surface area (Å²) in [7, 11) is 1.35. The van der Waals surface area contributed by atoms with Gasteiger partial charge in [-0.1, -0.05) is 6.07 Å². The molecule has 0 radical (unpaired) electrons. The fourth-order valence-electron chi connectivity index (χ4n) is 2.08. The number of aromatic nitrogens is 1. The monoisotopic (exact) mass is 330 g/mol. The van der Waals surface area contributed by atoms with Crippen molar-refractivity contribution in [2.45, 2.75) is 12.2 Å². The first-order valence-electron chi connectivity index (χ1n) is 6.51. The molecule has 1 aliphatic rings. The summed E-state index contributed by atoms with van der Waals surface area (Å²) in [5.41, 5.74) is -0.246. The van der Waals surface area contributed by atoms with Crippen molar-refractivity contribution in [2.24, 2.45) is 0 Å². The summed E-state index contributed by atoms with van der Waals surface area (Å²) in [6.45, 7) is -0.980. The van der Waals surface area contributed by atoms with Gasteiger partial charge in [-0.3, -0.25) is 19.5 Å². The number of imide groups is 1. The van der Waals surface area contributed by atoms with Crippen LogP contribution in [0.5, 0.6) is 0 Å². The van der Waals surface area contributed by atoms with Crippen molar-refractivity contribution in [1.82, 2.24) is 20.1 Å². The van der Waals surface area contributed by atoms with Crippen molar-refractivity contribution in [3.8, 4) is 0 Å². The van der Waals surface area contributed by atoms with Crippen LogP contribution in [0.3, 0.4) is 0 Å². The van der Waals surface area contributed by atoms with Gasteiger partial charge >= 0.3 is 12.2 Å². The fourth-order valence-corrected chi connectivity index (χ4v) is 2.08. The third-order valence-electron chi connectivity index (χ3n) is 3.18. The number of rotatable bonds is 4. The average Bonchev–Trinajstić information content (AvgIpc) is 2.71. The number of urea groups is 1. The normalized spacial score (nSPS) is 16.7. The molecule has 2 heterocycles. The first-order valence-corrected chi connectivity index (χ1v) is 6.51. The highest BCUT2D eigenvalue weighted by Crippen LogP contribution is 2.32. The molecule has 1 aromatic heterocycles. The number of carbonyl (C=O) groups excluding carboxylic acids is 3. The van der Waals surface area contributed by atoms with Crippen LogP contribution in [0.4, 0.5) is 18.0 Å². The lowest BCUT2D eigenvalue weighted by Crippen LogP contribution is -2.45. The molecule has 4 amide bonds. The quantitative estimate of drug-likeness (QED) is 0.824. The van der Waals surface area contributed by atoms with Gasteiger partial charge in [-0.05, 0) is 6.07 Å². The van der Waals surface area contributed by atoms with Gasteiger partial charge in [0.15, 0.2) is 6.04 Å². The van der Waals surface area contributed by atoms with Gasteiger partial charge in [0.2, 0.25) is 5.91 Å². The van der Waals surface area contributed by atoms with E-state index in [1.165, 1.54) is 25.4 Å². The van der Waals surface area contributed by atoms with Gasteiger partial charge in [-0.2, -0.15) is 13.2 Å². The van der Waals surface area contributed by atoms with Gasteiger partial charge in [-0.15, -0.1) is 0 Å². The zero-order valence-electron chi connectivity index (χ0n) is 12.0. The number of hydrogen-bond donors (Lipinski definition) is 1. The van der Waals surface area contributed by atoms with E-state index >= 15 is 0 Å². The minimum Gasteiger partial charge on any atom is -0.339 e. The number of hydrogen-bond acceptors (Lipinski definition) is 4. The summed E-state index contributed by atoms with van der Waals surface area (Å²) in [5, 5.41) is 1.79. The molecular formula is C13H13F3N4O3. The number of halogens is 3. The molecule has 1 aliphatic heterocycles. The second-order valence-corrected chi connectivity index (χ2v) is 4.95.